The summed E-state index contributed by atoms with van der Waals surface area (Å²) in [4.78, 5) is 14.0. The number of halogens is 1. The van der Waals surface area contributed by atoms with Crippen LogP contribution < -0.4 is 10.1 Å². The molecule has 0 radical (unpaired) electrons. The molecule has 116 valence electrons. The highest BCUT2D eigenvalue weighted by Crippen LogP contribution is 2.25. The number of amides is 1. The number of methoxy groups -OCH3 is 1. The van der Waals surface area contributed by atoms with Crippen LogP contribution in [-0.4, -0.2) is 37.6 Å². The van der Waals surface area contributed by atoms with Crippen molar-refractivity contribution in [1.82, 2.24) is 10.2 Å². The number of nitrogens with zero attached hydrogens (tertiary/aromatic N) is 1. The third kappa shape index (κ3) is 5.00. The van der Waals surface area contributed by atoms with Gasteiger partial charge >= 0.3 is 0 Å². The molecule has 1 aliphatic rings. The van der Waals surface area contributed by atoms with Crippen LogP contribution >= 0.6 is 15.9 Å². The Hall–Kier alpha value is -1.07. The van der Waals surface area contributed by atoms with E-state index in [1.807, 2.05) is 23.1 Å². The first-order valence-corrected chi connectivity index (χ1v) is 8.31. The largest absolute Gasteiger partial charge is 0.496 e. The number of carbonyl (C=O) groups excluding carboxylic acids is 1. The van der Waals surface area contributed by atoms with Crippen molar-refractivity contribution in [2.45, 2.75) is 32.2 Å². The Morgan fingerprint density at radius 2 is 2.10 bits per heavy atom. The molecule has 1 amide bonds. The zero-order valence-electron chi connectivity index (χ0n) is 12.5. The van der Waals surface area contributed by atoms with Crippen LogP contribution in [0.2, 0.25) is 0 Å². The predicted molar refractivity (Wildman–Crippen MR) is 87.4 cm³/mol. The molecule has 1 N–H and O–H groups in total. The number of benzene rings is 1. The van der Waals surface area contributed by atoms with Gasteiger partial charge in [-0.2, -0.15) is 0 Å². The molecule has 2 rings (SSSR count). The van der Waals surface area contributed by atoms with E-state index in [0.717, 1.165) is 49.2 Å². The highest BCUT2D eigenvalue weighted by Gasteiger charge is 2.15. The number of piperidine rings is 1. The maximum Gasteiger partial charge on any atom is 0.223 e. The lowest BCUT2D eigenvalue weighted by molar-refractivity contribution is -0.131. The minimum atomic E-state index is 0.276. The summed E-state index contributed by atoms with van der Waals surface area (Å²) in [6, 6.07) is 6.02. The van der Waals surface area contributed by atoms with Crippen LogP contribution in [0.1, 0.15) is 31.2 Å². The molecule has 0 bridgehead atoms. The van der Waals surface area contributed by atoms with E-state index in [2.05, 4.69) is 21.2 Å². The van der Waals surface area contributed by atoms with Gasteiger partial charge in [0, 0.05) is 32.6 Å². The first-order chi connectivity index (χ1) is 10.2. The van der Waals surface area contributed by atoms with E-state index in [1.54, 1.807) is 7.11 Å². The zero-order chi connectivity index (χ0) is 15.1. The third-order valence-electron chi connectivity index (χ3n) is 3.77. The molecule has 1 aromatic carbocycles. The van der Waals surface area contributed by atoms with Crippen molar-refractivity contribution in [2.24, 2.45) is 0 Å². The maximum atomic E-state index is 12.0. The average molecular weight is 355 g/mol. The van der Waals surface area contributed by atoms with Gasteiger partial charge in [-0.05, 0) is 52.9 Å². The lowest BCUT2D eigenvalue weighted by Gasteiger charge is -2.26. The zero-order valence-corrected chi connectivity index (χ0v) is 14.1. The highest BCUT2D eigenvalue weighted by atomic mass is 79.9. The molecule has 1 aromatic rings. The van der Waals surface area contributed by atoms with Crippen LogP contribution in [0, 0.1) is 0 Å². The maximum absolute atomic E-state index is 12.0. The van der Waals surface area contributed by atoms with Crippen LogP contribution in [0.5, 0.6) is 5.75 Å². The second-order valence-corrected chi connectivity index (χ2v) is 6.19. The van der Waals surface area contributed by atoms with Gasteiger partial charge < -0.3 is 15.0 Å². The number of hydrogen-bond acceptors (Lipinski definition) is 3. The molecule has 1 aliphatic heterocycles. The first-order valence-electron chi connectivity index (χ1n) is 7.51. The number of ether oxygens (including phenoxy) is 1. The number of hydrogen-bond donors (Lipinski definition) is 1. The van der Waals surface area contributed by atoms with E-state index in [1.165, 1.54) is 12.0 Å². The Morgan fingerprint density at radius 3 is 2.76 bits per heavy atom. The Morgan fingerprint density at radius 1 is 1.33 bits per heavy atom. The van der Waals surface area contributed by atoms with Crippen molar-refractivity contribution < 1.29 is 9.53 Å². The smallest absolute Gasteiger partial charge is 0.223 e. The molecule has 1 fully saturated rings. The molecular weight excluding hydrogens is 332 g/mol. The summed E-state index contributed by atoms with van der Waals surface area (Å²) in [6.07, 6.45) is 4.14. The number of likely N-dealkylation sites (tertiary alicyclic amines) is 1. The summed E-state index contributed by atoms with van der Waals surface area (Å²) in [5.41, 5.74) is 1.17. The van der Waals surface area contributed by atoms with Gasteiger partial charge in [0.25, 0.3) is 0 Å². The summed E-state index contributed by atoms with van der Waals surface area (Å²) < 4.78 is 6.16. The average Bonchev–Trinajstić information content (AvgIpc) is 2.52. The summed E-state index contributed by atoms with van der Waals surface area (Å²) in [5.74, 6) is 1.11. The molecule has 21 heavy (non-hydrogen) atoms. The number of nitrogens with one attached hydrogen (secondary N) is 1. The van der Waals surface area contributed by atoms with E-state index in [4.69, 9.17) is 4.74 Å². The SMILES string of the molecule is COc1ccc(CNCCC(=O)N2CCCCC2)cc1Br. The molecule has 0 aromatic heterocycles. The lowest BCUT2D eigenvalue weighted by atomic mass is 10.1. The van der Waals surface area contributed by atoms with Crippen molar-refractivity contribution in [3.05, 3.63) is 28.2 Å². The molecule has 0 unspecified atom stereocenters. The molecule has 0 aliphatic carbocycles. The molecule has 1 heterocycles. The molecule has 0 saturated carbocycles. The number of carbonyl (C=O) groups is 1. The lowest BCUT2D eigenvalue weighted by Crippen LogP contribution is -2.37. The molecule has 0 atom stereocenters. The van der Waals surface area contributed by atoms with Gasteiger partial charge in [-0.1, -0.05) is 6.07 Å². The summed E-state index contributed by atoms with van der Waals surface area (Å²) in [6.45, 7) is 3.35. The quantitative estimate of drug-likeness (QED) is 0.798. The van der Waals surface area contributed by atoms with Crippen molar-refractivity contribution in [3.63, 3.8) is 0 Å². The van der Waals surface area contributed by atoms with Crippen molar-refractivity contribution in [3.8, 4) is 5.75 Å². The summed E-state index contributed by atoms with van der Waals surface area (Å²) in [5, 5.41) is 3.33. The van der Waals surface area contributed by atoms with Gasteiger partial charge in [-0.15, -0.1) is 0 Å². The predicted octanol–water partition coefficient (Wildman–Crippen LogP) is 2.95. The van der Waals surface area contributed by atoms with Gasteiger partial charge in [0.05, 0.1) is 11.6 Å². The van der Waals surface area contributed by atoms with Crippen molar-refractivity contribution in [2.75, 3.05) is 26.7 Å². The Balaban J connectivity index is 1.69. The second kappa shape index (κ2) is 8.39. The van der Waals surface area contributed by atoms with Crippen molar-refractivity contribution >= 4 is 21.8 Å². The minimum absolute atomic E-state index is 0.276. The van der Waals surface area contributed by atoms with E-state index in [9.17, 15) is 4.79 Å². The van der Waals surface area contributed by atoms with Gasteiger partial charge in [0.2, 0.25) is 5.91 Å². The molecule has 1 saturated heterocycles. The first kappa shape index (κ1) is 16.3. The van der Waals surface area contributed by atoms with Crippen LogP contribution in [0.25, 0.3) is 0 Å². The fourth-order valence-electron chi connectivity index (χ4n) is 2.55. The normalized spacial score (nSPS) is 15.0. The summed E-state index contributed by atoms with van der Waals surface area (Å²) >= 11 is 3.48. The molecule has 4 nitrogen and oxygen atoms in total. The van der Waals surface area contributed by atoms with E-state index >= 15 is 0 Å². The van der Waals surface area contributed by atoms with Crippen LogP contribution in [-0.2, 0) is 11.3 Å². The van der Waals surface area contributed by atoms with Gasteiger partial charge in [0.15, 0.2) is 0 Å². The topological polar surface area (TPSA) is 41.6 Å². The standard InChI is InChI=1S/C16H23BrN2O2/c1-21-15-6-5-13(11-14(15)17)12-18-8-7-16(20)19-9-3-2-4-10-19/h5-6,11,18H,2-4,7-10,12H2,1H3. The van der Waals surface area contributed by atoms with E-state index in [-0.39, 0.29) is 5.91 Å². The highest BCUT2D eigenvalue weighted by molar-refractivity contribution is 9.10. The molecule has 5 heteroatoms. The van der Waals surface area contributed by atoms with E-state index < -0.39 is 0 Å². The van der Waals surface area contributed by atoms with Gasteiger partial charge in [-0.3, -0.25) is 4.79 Å². The second-order valence-electron chi connectivity index (χ2n) is 5.34. The molecular formula is C16H23BrN2O2. The Labute approximate surface area is 135 Å². The van der Waals surface area contributed by atoms with Crippen molar-refractivity contribution in [1.29, 1.82) is 0 Å². The van der Waals surface area contributed by atoms with Gasteiger partial charge in [-0.25, -0.2) is 0 Å². The molecule has 0 spiro atoms. The minimum Gasteiger partial charge on any atom is -0.496 e. The Bertz CT molecular complexity index is 473. The fraction of sp³-hybridized carbons (Fsp3) is 0.562. The van der Waals surface area contributed by atoms with Crippen LogP contribution in [0.15, 0.2) is 22.7 Å². The monoisotopic (exact) mass is 354 g/mol. The van der Waals surface area contributed by atoms with Crippen LogP contribution in [0.4, 0.5) is 0 Å². The third-order valence-corrected chi connectivity index (χ3v) is 4.39. The Kier molecular flexibility index (Phi) is 6.51. The van der Waals surface area contributed by atoms with Gasteiger partial charge in [0.1, 0.15) is 5.75 Å². The van der Waals surface area contributed by atoms with Crippen LogP contribution in [0.3, 0.4) is 0 Å². The summed E-state index contributed by atoms with van der Waals surface area (Å²) in [7, 11) is 1.66. The van der Waals surface area contributed by atoms with E-state index in [0.29, 0.717) is 6.42 Å². The number of rotatable bonds is 6. The fourth-order valence-corrected chi connectivity index (χ4v) is 3.14.